The summed E-state index contributed by atoms with van der Waals surface area (Å²) in [5.41, 5.74) is 3.08. The first-order valence-corrected chi connectivity index (χ1v) is 8.58. The van der Waals surface area contributed by atoms with Gasteiger partial charge in [0.2, 0.25) is 0 Å². The predicted octanol–water partition coefficient (Wildman–Crippen LogP) is 2.52. The number of hydrogen-bond donors (Lipinski definition) is 3. The number of anilines is 1. The van der Waals surface area contributed by atoms with E-state index in [1.165, 1.54) is 32.4 Å². The van der Waals surface area contributed by atoms with Gasteiger partial charge in [-0.15, -0.1) is 12.8 Å². The zero-order valence-corrected chi connectivity index (χ0v) is 14.5. The van der Waals surface area contributed by atoms with Crippen molar-refractivity contribution in [2.45, 2.75) is 30.2 Å². The highest BCUT2D eigenvalue weighted by Gasteiger charge is 2.29. The first-order valence-electron chi connectivity index (χ1n) is 7.81. The van der Waals surface area contributed by atoms with E-state index in [1.54, 1.807) is 11.9 Å². The third kappa shape index (κ3) is 5.72. The van der Waals surface area contributed by atoms with Crippen LogP contribution in [-0.2, 0) is 0 Å². The molecule has 0 spiro atoms. The number of aliphatic hydroxyl groups is 1. The van der Waals surface area contributed by atoms with Crippen molar-refractivity contribution in [1.29, 1.82) is 0 Å². The van der Waals surface area contributed by atoms with Gasteiger partial charge in [-0.2, -0.15) is 0 Å². The van der Waals surface area contributed by atoms with E-state index in [4.69, 9.17) is 10.3 Å². The molecule has 3 N–H and O–H groups in total. The second-order valence-electron chi connectivity index (χ2n) is 5.27. The SMILES string of the molecule is C#C.CO.ONc1ccccc1SN1CCCN2CCC[C@H]2C1. The van der Waals surface area contributed by atoms with E-state index in [-0.39, 0.29) is 0 Å². The smallest absolute Gasteiger partial charge is 0.0751 e. The Hall–Kier alpha value is -1.23. The molecule has 3 rings (SSSR count). The molecule has 0 unspecified atom stereocenters. The Morgan fingerprint density at radius 2 is 1.83 bits per heavy atom. The second kappa shape index (κ2) is 11.3. The van der Waals surface area contributed by atoms with Crippen LogP contribution in [0.3, 0.4) is 0 Å². The highest BCUT2D eigenvalue weighted by Crippen LogP contribution is 2.32. The Balaban J connectivity index is 0.000000615. The molecule has 5 nitrogen and oxygen atoms in total. The summed E-state index contributed by atoms with van der Waals surface area (Å²) in [5.74, 6) is 0. The van der Waals surface area contributed by atoms with E-state index in [2.05, 4.69) is 33.6 Å². The molecule has 1 aromatic rings. The largest absolute Gasteiger partial charge is 0.400 e. The summed E-state index contributed by atoms with van der Waals surface area (Å²) in [6.07, 6.45) is 11.9. The minimum absolute atomic E-state index is 0.726. The molecule has 1 atom stereocenters. The van der Waals surface area contributed by atoms with Gasteiger partial charge in [-0.1, -0.05) is 12.1 Å². The maximum Gasteiger partial charge on any atom is 0.0751 e. The molecule has 0 aromatic heterocycles. The van der Waals surface area contributed by atoms with Crippen molar-refractivity contribution in [3.63, 3.8) is 0 Å². The molecular weight excluding hydrogens is 310 g/mol. The Bertz CT molecular complexity index is 470. The molecule has 2 aliphatic rings. The summed E-state index contributed by atoms with van der Waals surface area (Å²) < 4.78 is 2.45. The van der Waals surface area contributed by atoms with Gasteiger partial charge >= 0.3 is 0 Å². The standard InChI is InChI=1S/C14H21N3OS.C2H2.CH4O/c18-15-13-6-1-2-7-14(13)19-17-10-4-9-16-8-3-5-12(16)11-17;2*1-2/h1-2,6-7,12,15,18H,3-5,8-11H2;1-2H;2H,1H3/t12-;;/m0../s1. The zero-order valence-electron chi connectivity index (χ0n) is 13.7. The number of terminal acetylenes is 1. The second-order valence-corrected chi connectivity index (χ2v) is 6.41. The molecule has 1 aromatic carbocycles. The molecule has 2 fully saturated rings. The quantitative estimate of drug-likeness (QED) is 0.448. The summed E-state index contributed by atoms with van der Waals surface area (Å²) >= 11 is 1.76. The number of hydrogen-bond acceptors (Lipinski definition) is 6. The van der Waals surface area contributed by atoms with Crippen LogP contribution < -0.4 is 5.48 Å². The number of para-hydroxylation sites is 1. The average Bonchev–Trinajstić information content (AvgIpc) is 2.97. The number of rotatable bonds is 3. The van der Waals surface area contributed by atoms with Gasteiger partial charge in [-0.3, -0.25) is 15.6 Å². The predicted molar refractivity (Wildman–Crippen MR) is 96.5 cm³/mol. The molecule has 0 amide bonds. The summed E-state index contributed by atoms with van der Waals surface area (Å²) in [7, 11) is 1.00. The molecule has 23 heavy (non-hydrogen) atoms. The summed E-state index contributed by atoms with van der Waals surface area (Å²) in [4.78, 5) is 3.73. The monoisotopic (exact) mass is 337 g/mol. The van der Waals surface area contributed by atoms with Gasteiger partial charge in [0.25, 0.3) is 0 Å². The van der Waals surface area contributed by atoms with Crippen molar-refractivity contribution in [3.05, 3.63) is 24.3 Å². The molecule has 0 bridgehead atoms. The number of benzene rings is 1. The van der Waals surface area contributed by atoms with Crippen LogP contribution in [0.4, 0.5) is 5.69 Å². The molecule has 6 heteroatoms. The molecular formula is C17H27N3O2S. The van der Waals surface area contributed by atoms with Crippen LogP contribution >= 0.6 is 11.9 Å². The molecule has 0 radical (unpaired) electrons. The zero-order chi connectivity index (χ0) is 17.1. The molecule has 2 aliphatic heterocycles. The highest BCUT2D eigenvalue weighted by molar-refractivity contribution is 7.97. The summed E-state index contributed by atoms with van der Waals surface area (Å²) in [5, 5.41) is 16.2. The normalized spacial score (nSPS) is 21.0. The van der Waals surface area contributed by atoms with E-state index in [0.717, 1.165) is 36.8 Å². The maximum absolute atomic E-state index is 9.16. The van der Waals surface area contributed by atoms with Crippen LogP contribution in [-0.4, -0.2) is 58.8 Å². The lowest BCUT2D eigenvalue weighted by Crippen LogP contribution is -2.34. The Morgan fingerprint density at radius 3 is 2.57 bits per heavy atom. The van der Waals surface area contributed by atoms with E-state index >= 15 is 0 Å². The van der Waals surface area contributed by atoms with E-state index in [0.29, 0.717) is 0 Å². The lowest BCUT2D eigenvalue weighted by molar-refractivity contribution is 0.261. The highest BCUT2D eigenvalue weighted by atomic mass is 32.2. The van der Waals surface area contributed by atoms with Crippen molar-refractivity contribution < 1.29 is 10.3 Å². The van der Waals surface area contributed by atoms with Crippen molar-refractivity contribution in [1.82, 2.24) is 9.21 Å². The number of nitrogens with zero attached hydrogens (tertiary/aromatic N) is 2. The minimum Gasteiger partial charge on any atom is -0.400 e. The van der Waals surface area contributed by atoms with Crippen LogP contribution in [0.15, 0.2) is 29.2 Å². The topological polar surface area (TPSA) is 59.0 Å². The van der Waals surface area contributed by atoms with Crippen molar-refractivity contribution in [2.75, 3.05) is 38.8 Å². The molecule has 0 saturated carbocycles. The fourth-order valence-electron chi connectivity index (χ4n) is 3.03. The van der Waals surface area contributed by atoms with Crippen molar-refractivity contribution >= 4 is 17.6 Å². The van der Waals surface area contributed by atoms with Gasteiger partial charge < -0.3 is 5.11 Å². The van der Waals surface area contributed by atoms with E-state index < -0.39 is 0 Å². The maximum atomic E-state index is 9.16. The molecule has 2 saturated heterocycles. The minimum atomic E-state index is 0.726. The Kier molecular flexibility index (Phi) is 9.76. The van der Waals surface area contributed by atoms with Gasteiger partial charge in [-0.05, 0) is 56.4 Å². The van der Waals surface area contributed by atoms with Crippen molar-refractivity contribution in [2.24, 2.45) is 0 Å². The van der Waals surface area contributed by atoms with E-state index in [1.807, 2.05) is 18.2 Å². The Morgan fingerprint density at radius 1 is 1.13 bits per heavy atom. The first kappa shape index (κ1) is 19.8. The van der Waals surface area contributed by atoms with Crippen LogP contribution in [0.5, 0.6) is 0 Å². The number of aliphatic hydroxyl groups excluding tert-OH is 1. The van der Waals surface area contributed by atoms with Crippen LogP contribution in [0.2, 0.25) is 0 Å². The van der Waals surface area contributed by atoms with Crippen LogP contribution in [0.25, 0.3) is 0 Å². The third-order valence-corrected chi connectivity index (χ3v) is 5.14. The average molecular weight is 337 g/mol. The fourth-order valence-corrected chi connectivity index (χ4v) is 4.13. The van der Waals surface area contributed by atoms with Crippen molar-refractivity contribution in [3.8, 4) is 12.8 Å². The first-order chi connectivity index (χ1) is 11.4. The van der Waals surface area contributed by atoms with Gasteiger partial charge in [0, 0.05) is 31.1 Å². The van der Waals surface area contributed by atoms with Crippen LogP contribution in [0, 0.1) is 12.8 Å². The lowest BCUT2D eigenvalue weighted by atomic mass is 10.2. The number of nitrogens with one attached hydrogen (secondary N) is 1. The van der Waals surface area contributed by atoms with Gasteiger partial charge in [0.05, 0.1) is 5.69 Å². The summed E-state index contributed by atoms with van der Waals surface area (Å²) in [6.45, 7) is 4.77. The summed E-state index contributed by atoms with van der Waals surface area (Å²) in [6, 6.07) is 8.64. The number of fused-ring (bicyclic) bond motifs is 1. The lowest BCUT2D eigenvalue weighted by Gasteiger charge is -2.25. The molecule has 2 heterocycles. The molecule has 0 aliphatic carbocycles. The van der Waals surface area contributed by atoms with Crippen LogP contribution in [0.1, 0.15) is 19.3 Å². The van der Waals surface area contributed by atoms with Gasteiger partial charge in [0.1, 0.15) is 0 Å². The fraction of sp³-hybridized carbons (Fsp3) is 0.529. The Labute approximate surface area is 143 Å². The third-order valence-electron chi connectivity index (χ3n) is 4.00. The van der Waals surface area contributed by atoms with Gasteiger partial charge in [-0.25, -0.2) is 4.31 Å². The van der Waals surface area contributed by atoms with Gasteiger partial charge in [0.15, 0.2) is 0 Å². The van der Waals surface area contributed by atoms with E-state index in [9.17, 15) is 0 Å². The molecule has 128 valence electrons.